The average molecular weight is 386 g/mol. The molecule has 9 heteroatoms. The van der Waals surface area contributed by atoms with Gasteiger partial charge < -0.3 is 24.8 Å². The van der Waals surface area contributed by atoms with E-state index >= 15 is 0 Å². The quantitative estimate of drug-likeness (QED) is 0.685. The zero-order valence-electron chi connectivity index (χ0n) is 14.4. The first-order valence-corrected chi connectivity index (χ1v) is 8.56. The molecule has 8 nitrogen and oxygen atoms in total. The molecule has 2 aromatic carbocycles. The van der Waals surface area contributed by atoms with Crippen LogP contribution in [-0.4, -0.2) is 35.5 Å². The van der Waals surface area contributed by atoms with E-state index in [1.807, 2.05) is 24.3 Å². The summed E-state index contributed by atoms with van der Waals surface area (Å²) in [5, 5.41) is 14.7. The van der Waals surface area contributed by atoms with Crippen molar-refractivity contribution in [2.24, 2.45) is 0 Å². The zero-order chi connectivity index (χ0) is 18.6. The van der Waals surface area contributed by atoms with Crippen LogP contribution in [0.4, 0.5) is 23.1 Å². The van der Waals surface area contributed by atoms with Gasteiger partial charge >= 0.3 is 0 Å². The lowest BCUT2D eigenvalue weighted by atomic mass is 10.2. The highest BCUT2D eigenvalue weighted by molar-refractivity contribution is 6.32. The number of methoxy groups -OCH3 is 1. The summed E-state index contributed by atoms with van der Waals surface area (Å²) in [5.41, 5.74) is 1.53. The molecule has 0 unspecified atom stereocenters. The maximum atomic E-state index is 6.14. The molecule has 0 aliphatic carbocycles. The summed E-state index contributed by atoms with van der Waals surface area (Å²) in [5.74, 6) is 2.88. The van der Waals surface area contributed by atoms with E-state index in [1.165, 1.54) is 6.20 Å². The third-order valence-corrected chi connectivity index (χ3v) is 4.08. The summed E-state index contributed by atoms with van der Waals surface area (Å²) in [7, 11) is 1.56. The van der Waals surface area contributed by atoms with Gasteiger partial charge in [-0.1, -0.05) is 11.6 Å². The van der Waals surface area contributed by atoms with Crippen molar-refractivity contribution in [1.29, 1.82) is 0 Å². The van der Waals surface area contributed by atoms with Crippen LogP contribution in [0.5, 0.6) is 17.2 Å². The van der Waals surface area contributed by atoms with Crippen molar-refractivity contribution >= 4 is 34.7 Å². The monoisotopic (exact) mass is 385 g/mol. The Hall–Kier alpha value is -3.26. The van der Waals surface area contributed by atoms with Gasteiger partial charge in [0.15, 0.2) is 17.3 Å². The Bertz CT molecular complexity index is 969. The second kappa shape index (κ2) is 7.55. The number of halogens is 1. The fourth-order valence-electron chi connectivity index (χ4n) is 2.56. The molecule has 0 saturated carbocycles. The third-order valence-electron chi connectivity index (χ3n) is 3.78. The molecule has 0 fully saturated rings. The largest absolute Gasteiger partial charge is 0.495 e. The van der Waals surface area contributed by atoms with Crippen LogP contribution in [0.25, 0.3) is 0 Å². The van der Waals surface area contributed by atoms with E-state index in [2.05, 4.69) is 25.8 Å². The van der Waals surface area contributed by atoms with Crippen LogP contribution in [0.15, 0.2) is 42.6 Å². The first kappa shape index (κ1) is 17.2. The van der Waals surface area contributed by atoms with E-state index < -0.39 is 0 Å². The molecule has 27 heavy (non-hydrogen) atoms. The molecule has 1 aliphatic rings. The summed E-state index contributed by atoms with van der Waals surface area (Å²) in [6.45, 7) is 1.09. The van der Waals surface area contributed by atoms with Crippen LogP contribution < -0.4 is 24.8 Å². The van der Waals surface area contributed by atoms with Gasteiger partial charge in [0, 0.05) is 17.4 Å². The Morgan fingerprint density at radius 2 is 1.78 bits per heavy atom. The molecule has 1 aliphatic heterocycles. The molecule has 1 aromatic heterocycles. The number of hydrogen-bond donors (Lipinski definition) is 2. The fourth-order valence-corrected chi connectivity index (χ4v) is 2.82. The fraction of sp³-hybridized carbons (Fsp3) is 0.167. The number of nitrogens with zero attached hydrogens (tertiary/aromatic N) is 3. The minimum atomic E-state index is 0.332. The topological polar surface area (TPSA) is 90.4 Å². The Labute approximate surface area is 160 Å². The molecule has 0 bridgehead atoms. The number of anilines is 4. The van der Waals surface area contributed by atoms with E-state index in [4.69, 9.17) is 25.8 Å². The highest BCUT2D eigenvalue weighted by Gasteiger charge is 2.12. The van der Waals surface area contributed by atoms with Gasteiger partial charge in [0.05, 0.1) is 18.3 Å². The molecule has 2 heterocycles. The number of ether oxygens (including phenoxy) is 3. The number of hydrogen-bond acceptors (Lipinski definition) is 8. The lowest BCUT2D eigenvalue weighted by Crippen LogP contribution is -2.15. The molecule has 0 atom stereocenters. The number of benzene rings is 2. The van der Waals surface area contributed by atoms with Crippen LogP contribution in [0.1, 0.15) is 0 Å². The molecule has 4 rings (SSSR count). The number of fused-ring (bicyclic) bond motifs is 1. The third kappa shape index (κ3) is 3.95. The first-order valence-electron chi connectivity index (χ1n) is 8.18. The summed E-state index contributed by atoms with van der Waals surface area (Å²) in [6.07, 6.45) is 1.53. The van der Waals surface area contributed by atoms with Gasteiger partial charge in [-0.25, -0.2) is 0 Å². The van der Waals surface area contributed by atoms with E-state index in [0.717, 1.165) is 17.1 Å². The lowest BCUT2D eigenvalue weighted by Gasteiger charge is -2.19. The van der Waals surface area contributed by atoms with Crippen LogP contribution in [-0.2, 0) is 0 Å². The number of aromatic nitrogens is 3. The second-order valence-electron chi connectivity index (χ2n) is 5.62. The van der Waals surface area contributed by atoms with Gasteiger partial charge in [-0.3, -0.25) is 0 Å². The van der Waals surface area contributed by atoms with Crippen molar-refractivity contribution in [2.45, 2.75) is 0 Å². The van der Waals surface area contributed by atoms with Crippen LogP contribution >= 0.6 is 11.6 Å². The molecule has 0 saturated heterocycles. The minimum Gasteiger partial charge on any atom is -0.495 e. The van der Waals surface area contributed by atoms with Crippen molar-refractivity contribution in [3.05, 3.63) is 47.6 Å². The number of rotatable bonds is 5. The van der Waals surface area contributed by atoms with Crippen molar-refractivity contribution < 1.29 is 14.2 Å². The van der Waals surface area contributed by atoms with E-state index in [1.54, 1.807) is 19.2 Å². The standard InChI is InChI=1S/C18H16ClN5O3/c1-25-14-4-2-11(8-13(14)19)22-18-23-17(10-20-24-18)21-12-3-5-15-16(9-12)27-7-6-26-15/h2-5,8-10H,6-7H2,1H3,(H2,21,22,23,24). The molecule has 2 N–H and O–H groups in total. The SMILES string of the molecule is COc1ccc(Nc2nncc(Nc3ccc4c(c3)OCCO4)n2)cc1Cl. The van der Waals surface area contributed by atoms with Crippen molar-refractivity contribution in [3.63, 3.8) is 0 Å². The Morgan fingerprint density at radius 3 is 2.59 bits per heavy atom. The van der Waals surface area contributed by atoms with Gasteiger partial charge in [-0.2, -0.15) is 10.1 Å². The molecular formula is C18H16ClN5O3. The first-order chi connectivity index (χ1) is 13.2. The Morgan fingerprint density at radius 1 is 1.00 bits per heavy atom. The Kier molecular flexibility index (Phi) is 4.80. The summed E-state index contributed by atoms with van der Waals surface area (Å²) in [4.78, 5) is 4.41. The number of nitrogens with one attached hydrogen (secondary N) is 2. The maximum absolute atomic E-state index is 6.14. The molecule has 0 radical (unpaired) electrons. The molecule has 3 aromatic rings. The summed E-state index contributed by atoms with van der Waals surface area (Å²) in [6, 6.07) is 10.9. The van der Waals surface area contributed by atoms with Crippen LogP contribution in [0.2, 0.25) is 5.02 Å². The van der Waals surface area contributed by atoms with Crippen molar-refractivity contribution in [2.75, 3.05) is 31.0 Å². The van der Waals surface area contributed by atoms with Gasteiger partial charge in [0.25, 0.3) is 0 Å². The predicted molar refractivity (Wildman–Crippen MR) is 102 cm³/mol. The highest BCUT2D eigenvalue weighted by atomic mass is 35.5. The lowest BCUT2D eigenvalue weighted by molar-refractivity contribution is 0.171. The van der Waals surface area contributed by atoms with Gasteiger partial charge in [-0.15, -0.1) is 5.10 Å². The van der Waals surface area contributed by atoms with E-state index in [0.29, 0.717) is 41.5 Å². The summed E-state index contributed by atoms with van der Waals surface area (Å²) >= 11 is 6.14. The normalized spacial score (nSPS) is 12.4. The molecule has 0 amide bonds. The van der Waals surface area contributed by atoms with E-state index in [9.17, 15) is 0 Å². The van der Waals surface area contributed by atoms with Crippen molar-refractivity contribution in [3.8, 4) is 17.2 Å². The maximum Gasteiger partial charge on any atom is 0.249 e. The predicted octanol–water partition coefficient (Wildman–Crippen LogP) is 3.79. The molecular weight excluding hydrogens is 370 g/mol. The Balaban J connectivity index is 1.50. The van der Waals surface area contributed by atoms with Gasteiger partial charge in [0.1, 0.15) is 19.0 Å². The van der Waals surface area contributed by atoms with E-state index in [-0.39, 0.29) is 0 Å². The zero-order valence-corrected chi connectivity index (χ0v) is 15.2. The second-order valence-corrected chi connectivity index (χ2v) is 6.03. The minimum absolute atomic E-state index is 0.332. The highest BCUT2D eigenvalue weighted by Crippen LogP contribution is 2.33. The van der Waals surface area contributed by atoms with Crippen molar-refractivity contribution in [1.82, 2.24) is 15.2 Å². The molecule has 0 spiro atoms. The summed E-state index contributed by atoms with van der Waals surface area (Å²) < 4.78 is 16.2. The smallest absolute Gasteiger partial charge is 0.249 e. The molecule has 138 valence electrons. The average Bonchev–Trinajstić information content (AvgIpc) is 2.68. The van der Waals surface area contributed by atoms with Crippen LogP contribution in [0.3, 0.4) is 0 Å². The van der Waals surface area contributed by atoms with Gasteiger partial charge in [-0.05, 0) is 30.3 Å². The van der Waals surface area contributed by atoms with Crippen LogP contribution in [0, 0.1) is 0 Å². The van der Waals surface area contributed by atoms with Gasteiger partial charge in [0.2, 0.25) is 5.95 Å².